The Hall–Kier alpha value is -1.76. The lowest BCUT2D eigenvalue weighted by Gasteiger charge is -2.22. The van der Waals surface area contributed by atoms with Crippen LogP contribution in [0.2, 0.25) is 0 Å². The molecule has 0 aliphatic heterocycles. The third-order valence-electron chi connectivity index (χ3n) is 4.05. The van der Waals surface area contributed by atoms with Crippen molar-refractivity contribution in [2.45, 2.75) is 38.6 Å². The molecule has 0 spiro atoms. The number of aromatic amines is 1. The minimum Gasteiger partial charge on any atom is -0.383 e. The second-order valence-electron chi connectivity index (χ2n) is 5.55. The zero-order valence-corrected chi connectivity index (χ0v) is 12.5. The topological polar surface area (TPSA) is 102 Å². The highest BCUT2D eigenvalue weighted by Crippen LogP contribution is 2.24. The summed E-state index contributed by atoms with van der Waals surface area (Å²) in [6.07, 6.45) is 6.13. The van der Waals surface area contributed by atoms with E-state index in [9.17, 15) is 9.59 Å². The number of hydrogen-bond donors (Lipinski definition) is 3. The lowest BCUT2D eigenvalue weighted by Crippen LogP contribution is -2.35. The van der Waals surface area contributed by atoms with Crippen LogP contribution in [0.1, 0.15) is 32.1 Å². The van der Waals surface area contributed by atoms with Crippen molar-refractivity contribution in [3.63, 3.8) is 0 Å². The first-order valence-corrected chi connectivity index (χ1v) is 7.49. The van der Waals surface area contributed by atoms with Gasteiger partial charge in [-0.15, -0.1) is 0 Å². The van der Waals surface area contributed by atoms with Gasteiger partial charge in [-0.2, -0.15) is 0 Å². The normalized spacial score (nSPS) is 16.0. The first kappa shape index (κ1) is 15.6. The van der Waals surface area contributed by atoms with Crippen LogP contribution in [0.5, 0.6) is 0 Å². The van der Waals surface area contributed by atoms with Crippen LogP contribution in [-0.2, 0) is 11.3 Å². The fourth-order valence-corrected chi connectivity index (χ4v) is 2.80. The highest BCUT2D eigenvalue weighted by molar-refractivity contribution is 5.60. The number of nitrogen functional groups attached to an aromatic ring is 1. The maximum atomic E-state index is 11.9. The molecule has 0 radical (unpaired) electrons. The lowest BCUT2D eigenvalue weighted by molar-refractivity contribution is 0.186. The summed E-state index contributed by atoms with van der Waals surface area (Å²) in [5, 5.41) is 3.13. The second kappa shape index (κ2) is 7.31. The lowest BCUT2D eigenvalue weighted by atomic mass is 9.89. The summed E-state index contributed by atoms with van der Waals surface area (Å²) >= 11 is 0. The molecule has 1 heterocycles. The van der Waals surface area contributed by atoms with E-state index in [4.69, 9.17) is 10.5 Å². The molecular formula is C14H24N4O3. The Morgan fingerprint density at radius 2 is 2.05 bits per heavy atom. The molecule has 7 heteroatoms. The Morgan fingerprint density at radius 3 is 2.71 bits per heavy atom. The van der Waals surface area contributed by atoms with Crippen molar-refractivity contribution in [2.75, 3.05) is 31.3 Å². The largest absolute Gasteiger partial charge is 0.383 e. The molecule has 118 valence electrons. The SMILES string of the molecule is COCCn1c(N)c(NCC2CCCCC2)c(=O)[nH]c1=O. The standard InChI is InChI=1S/C14H24N4O3/c1-21-8-7-18-12(15)11(13(19)17-14(18)20)16-9-10-5-3-2-4-6-10/h10,16H,2-9,15H2,1H3,(H,17,19,20). The van der Waals surface area contributed by atoms with Crippen LogP contribution in [-0.4, -0.2) is 29.8 Å². The van der Waals surface area contributed by atoms with Crippen molar-refractivity contribution in [1.29, 1.82) is 0 Å². The van der Waals surface area contributed by atoms with Crippen molar-refractivity contribution in [3.8, 4) is 0 Å². The summed E-state index contributed by atoms with van der Waals surface area (Å²) < 4.78 is 6.28. The van der Waals surface area contributed by atoms with Crippen molar-refractivity contribution < 1.29 is 4.74 Å². The molecule has 0 unspecified atom stereocenters. The number of ether oxygens (including phenoxy) is 1. The van der Waals surface area contributed by atoms with Gasteiger partial charge in [-0.1, -0.05) is 19.3 Å². The molecule has 0 aromatic carbocycles. The highest BCUT2D eigenvalue weighted by Gasteiger charge is 2.16. The molecule has 1 aliphatic rings. The molecule has 1 aromatic heterocycles. The fourth-order valence-electron chi connectivity index (χ4n) is 2.80. The van der Waals surface area contributed by atoms with Crippen molar-refractivity contribution in [1.82, 2.24) is 9.55 Å². The molecule has 21 heavy (non-hydrogen) atoms. The zero-order valence-electron chi connectivity index (χ0n) is 12.5. The molecule has 0 bridgehead atoms. The van der Waals surface area contributed by atoms with Gasteiger partial charge in [0.25, 0.3) is 5.56 Å². The first-order valence-electron chi connectivity index (χ1n) is 7.49. The van der Waals surface area contributed by atoms with Gasteiger partial charge in [0.1, 0.15) is 11.5 Å². The van der Waals surface area contributed by atoms with Crippen molar-refractivity contribution >= 4 is 11.5 Å². The summed E-state index contributed by atoms with van der Waals surface area (Å²) in [5.74, 6) is 0.744. The molecule has 0 amide bonds. The van der Waals surface area contributed by atoms with Crippen LogP contribution in [0.3, 0.4) is 0 Å². The third-order valence-corrected chi connectivity index (χ3v) is 4.05. The van der Waals surface area contributed by atoms with Gasteiger partial charge in [-0.05, 0) is 18.8 Å². The Morgan fingerprint density at radius 1 is 1.33 bits per heavy atom. The van der Waals surface area contributed by atoms with Crippen molar-refractivity contribution in [2.24, 2.45) is 5.92 Å². The summed E-state index contributed by atoms with van der Waals surface area (Å²) in [4.78, 5) is 26.0. The van der Waals surface area contributed by atoms with Crippen LogP contribution in [0.25, 0.3) is 0 Å². The number of rotatable bonds is 6. The zero-order chi connectivity index (χ0) is 15.2. The van der Waals surface area contributed by atoms with Crippen LogP contribution in [0.15, 0.2) is 9.59 Å². The minimum absolute atomic E-state index is 0.177. The van der Waals surface area contributed by atoms with Crippen LogP contribution >= 0.6 is 0 Å². The van der Waals surface area contributed by atoms with Crippen molar-refractivity contribution in [3.05, 3.63) is 20.8 Å². The molecule has 2 rings (SSSR count). The summed E-state index contributed by atoms with van der Waals surface area (Å²) in [7, 11) is 1.55. The fraction of sp³-hybridized carbons (Fsp3) is 0.714. The highest BCUT2D eigenvalue weighted by atomic mass is 16.5. The monoisotopic (exact) mass is 296 g/mol. The number of nitrogens with two attached hydrogens (primary N) is 1. The molecule has 1 aliphatic carbocycles. The smallest absolute Gasteiger partial charge is 0.330 e. The van der Waals surface area contributed by atoms with Crippen LogP contribution < -0.4 is 22.3 Å². The maximum Gasteiger partial charge on any atom is 0.330 e. The van der Waals surface area contributed by atoms with E-state index in [1.54, 1.807) is 7.11 Å². The summed E-state index contributed by atoms with van der Waals surface area (Å²) in [6, 6.07) is 0. The van der Waals surface area contributed by atoms with E-state index in [-0.39, 0.29) is 11.5 Å². The van der Waals surface area contributed by atoms with Gasteiger partial charge in [0.15, 0.2) is 0 Å². The van der Waals surface area contributed by atoms with E-state index < -0.39 is 11.2 Å². The Kier molecular flexibility index (Phi) is 5.44. The average Bonchev–Trinajstić information content (AvgIpc) is 2.47. The molecule has 1 fully saturated rings. The number of nitrogens with zero attached hydrogens (tertiary/aromatic N) is 1. The third kappa shape index (κ3) is 3.87. The minimum atomic E-state index is -0.502. The number of hydrogen-bond acceptors (Lipinski definition) is 5. The van der Waals surface area contributed by atoms with Gasteiger partial charge in [0.2, 0.25) is 0 Å². The number of nitrogens with one attached hydrogen (secondary N) is 2. The van der Waals surface area contributed by atoms with Gasteiger partial charge < -0.3 is 15.8 Å². The van der Waals surface area contributed by atoms with E-state index in [1.165, 1.54) is 36.7 Å². The van der Waals surface area contributed by atoms with E-state index in [2.05, 4.69) is 10.3 Å². The van der Waals surface area contributed by atoms with E-state index in [0.29, 0.717) is 19.1 Å². The average molecular weight is 296 g/mol. The predicted octanol–water partition coefficient (Wildman–Crippen LogP) is 0.757. The Labute approximate surface area is 123 Å². The number of methoxy groups -OCH3 is 1. The molecule has 0 saturated heterocycles. The predicted molar refractivity (Wildman–Crippen MR) is 82.7 cm³/mol. The van der Waals surface area contributed by atoms with Gasteiger partial charge >= 0.3 is 5.69 Å². The van der Waals surface area contributed by atoms with Gasteiger partial charge in [0.05, 0.1) is 13.2 Å². The Bertz CT molecular complexity index is 573. The van der Waals surface area contributed by atoms with Crippen LogP contribution in [0.4, 0.5) is 11.5 Å². The molecule has 1 aromatic rings. The van der Waals surface area contributed by atoms with E-state index in [0.717, 1.165) is 6.54 Å². The molecule has 4 N–H and O–H groups in total. The summed E-state index contributed by atoms with van der Waals surface area (Å²) in [6.45, 7) is 1.39. The van der Waals surface area contributed by atoms with Gasteiger partial charge in [-0.3, -0.25) is 14.3 Å². The van der Waals surface area contributed by atoms with Gasteiger partial charge in [-0.25, -0.2) is 4.79 Å². The number of anilines is 2. The maximum absolute atomic E-state index is 11.9. The second-order valence-corrected chi connectivity index (χ2v) is 5.55. The number of H-pyrrole nitrogens is 1. The Balaban J connectivity index is 2.14. The molecule has 7 nitrogen and oxygen atoms in total. The number of aromatic nitrogens is 2. The van der Waals surface area contributed by atoms with E-state index >= 15 is 0 Å². The molecule has 0 atom stereocenters. The van der Waals surface area contributed by atoms with Gasteiger partial charge in [0, 0.05) is 13.7 Å². The summed E-state index contributed by atoms with van der Waals surface area (Å²) in [5.41, 5.74) is 5.30. The van der Waals surface area contributed by atoms with Crippen LogP contribution in [0, 0.1) is 5.92 Å². The molecule has 1 saturated carbocycles. The van der Waals surface area contributed by atoms with E-state index in [1.807, 2.05) is 0 Å². The quantitative estimate of drug-likeness (QED) is 0.719. The first-order chi connectivity index (χ1) is 10.1. The molecular weight excluding hydrogens is 272 g/mol.